The van der Waals surface area contributed by atoms with Gasteiger partial charge >= 0.3 is 5.71 Å². The summed E-state index contributed by atoms with van der Waals surface area (Å²) in [5.41, 5.74) is 9.80. The lowest BCUT2D eigenvalue weighted by Gasteiger charge is -2.14. The lowest BCUT2D eigenvalue weighted by atomic mass is 9.93. The second kappa shape index (κ2) is 9.82. The third-order valence-corrected chi connectivity index (χ3v) is 7.73. The smallest absolute Gasteiger partial charge is 0.361 e. The molecule has 0 amide bonds. The first-order chi connectivity index (χ1) is 16.5. The zero-order valence-corrected chi connectivity index (χ0v) is 20.1. The second-order valence-electron chi connectivity index (χ2n) is 7.02. The summed E-state index contributed by atoms with van der Waals surface area (Å²) in [6.45, 7) is 3.59. The summed E-state index contributed by atoms with van der Waals surface area (Å²) >= 11 is 0. The average molecular weight is 515 g/mol. The summed E-state index contributed by atoms with van der Waals surface area (Å²) in [5, 5.41) is 0. The summed E-state index contributed by atoms with van der Waals surface area (Å²) in [4.78, 5) is 26.2. The normalized spacial score (nSPS) is 14.9. The van der Waals surface area contributed by atoms with Gasteiger partial charge in [0, 0.05) is 27.8 Å². The molecule has 10 nitrogen and oxygen atoms in total. The summed E-state index contributed by atoms with van der Waals surface area (Å²) in [6, 6.07) is 10.6. The van der Waals surface area contributed by atoms with Crippen molar-refractivity contribution in [2.24, 2.45) is 0 Å². The lowest BCUT2D eigenvalue weighted by Crippen LogP contribution is -2.22. The van der Waals surface area contributed by atoms with Crippen LogP contribution in [0.3, 0.4) is 0 Å². The molecule has 0 atom stereocenters. The van der Waals surface area contributed by atoms with Crippen molar-refractivity contribution in [3.8, 4) is 0 Å². The van der Waals surface area contributed by atoms with Gasteiger partial charge in [0.05, 0.1) is 20.3 Å². The molecule has 0 saturated carbocycles. The van der Waals surface area contributed by atoms with E-state index in [9.17, 15) is 26.4 Å². The molecule has 2 aromatic rings. The number of carbonyl (C=O) groups is 2. The molecule has 0 aliphatic heterocycles. The number of hydrogen-bond donors (Lipinski definition) is 0. The Bertz CT molecular complexity index is 1590. The van der Waals surface area contributed by atoms with E-state index in [2.05, 4.69) is 19.7 Å². The van der Waals surface area contributed by atoms with E-state index >= 15 is 0 Å². The molecule has 0 fully saturated rings. The summed E-state index contributed by atoms with van der Waals surface area (Å²) in [6.07, 6.45) is 4.05. The van der Waals surface area contributed by atoms with Crippen LogP contribution in [-0.2, 0) is 28.6 Å². The molecular formula is C23H18N2O8S2. The fourth-order valence-corrected chi connectivity index (χ4v) is 5.08. The van der Waals surface area contributed by atoms with Gasteiger partial charge in [0.1, 0.15) is 9.80 Å². The molecule has 180 valence electrons. The number of allylic oxidation sites excluding steroid dienone is 3. The van der Waals surface area contributed by atoms with E-state index in [1.807, 2.05) is 0 Å². The van der Waals surface area contributed by atoms with Crippen molar-refractivity contribution in [3.63, 3.8) is 0 Å². The standard InChI is InChI=1S/C12H10O4S.C11H8N2O4S/c1-8-6-7-9-10(12(8)13)4-3-5-11(9)17(14,15)16-2;1-17-18(15,16)10-6-9(13-12)11(14)8-5-3-2-4-7(8)10/h3-7H,1H2,2H3;2-6H,1H3. The van der Waals surface area contributed by atoms with Gasteiger partial charge in [-0.2, -0.15) is 21.6 Å². The number of Topliss-reactive ketones (excluding diaryl/α,β-unsaturated/α-hetero) is 2. The van der Waals surface area contributed by atoms with Gasteiger partial charge in [0.2, 0.25) is 0 Å². The van der Waals surface area contributed by atoms with Gasteiger partial charge in [-0.05, 0) is 6.07 Å². The van der Waals surface area contributed by atoms with Crippen molar-refractivity contribution in [1.82, 2.24) is 0 Å². The van der Waals surface area contributed by atoms with Gasteiger partial charge in [0.25, 0.3) is 26.0 Å². The third-order valence-electron chi connectivity index (χ3n) is 5.08. The molecule has 0 saturated heterocycles. The highest BCUT2D eigenvalue weighted by atomic mass is 32.2. The molecule has 0 spiro atoms. The maximum absolute atomic E-state index is 11.8. The van der Waals surface area contributed by atoms with Crippen LogP contribution < -0.4 is 0 Å². The zero-order valence-electron chi connectivity index (χ0n) is 18.5. The van der Waals surface area contributed by atoms with Crippen molar-refractivity contribution in [2.75, 3.05) is 14.2 Å². The number of rotatable bonds is 4. The van der Waals surface area contributed by atoms with E-state index in [0.717, 1.165) is 20.3 Å². The highest BCUT2D eigenvalue weighted by Crippen LogP contribution is 2.30. The quantitative estimate of drug-likeness (QED) is 0.261. The maximum atomic E-state index is 11.8. The first kappa shape index (κ1) is 25.8. The molecule has 2 aliphatic rings. The van der Waals surface area contributed by atoms with Crippen LogP contribution in [0.5, 0.6) is 0 Å². The van der Waals surface area contributed by atoms with E-state index in [4.69, 9.17) is 5.53 Å². The van der Waals surface area contributed by atoms with Crippen LogP contribution in [0.1, 0.15) is 31.8 Å². The minimum Gasteiger partial charge on any atom is -0.361 e. The Hall–Kier alpha value is -3.80. The predicted molar refractivity (Wildman–Crippen MR) is 126 cm³/mol. The zero-order chi connectivity index (χ0) is 26.0. The number of hydrogen-bond acceptors (Lipinski definition) is 8. The summed E-state index contributed by atoms with van der Waals surface area (Å²) in [7, 11) is -5.69. The Morgan fingerprint density at radius 1 is 0.800 bits per heavy atom. The topological polar surface area (TPSA) is 157 Å². The van der Waals surface area contributed by atoms with Crippen LogP contribution in [-0.4, -0.2) is 53.1 Å². The van der Waals surface area contributed by atoms with Gasteiger partial charge in [-0.3, -0.25) is 18.0 Å². The molecule has 0 unspecified atom stereocenters. The van der Waals surface area contributed by atoms with Crippen molar-refractivity contribution in [3.05, 3.63) is 94.6 Å². The molecule has 0 N–H and O–H groups in total. The minimum atomic E-state index is -3.98. The number of nitrogens with zero attached hydrogens (tertiary/aromatic N) is 2. The number of carbonyl (C=O) groups excluding carboxylic acids is 2. The average Bonchev–Trinajstić information content (AvgIpc) is 2.86. The maximum Gasteiger partial charge on any atom is 0.364 e. The van der Waals surface area contributed by atoms with Gasteiger partial charge in [0.15, 0.2) is 5.78 Å². The highest BCUT2D eigenvalue weighted by molar-refractivity contribution is 7.96. The van der Waals surface area contributed by atoms with E-state index in [1.54, 1.807) is 24.3 Å². The van der Waals surface area contributed by atoms with Gasteiger partial charge in [-0.25, -0.2) is 0 Å². The number of ketones is 2. The summed E-state index contributed by atoms with van der Waals surface area (Å²) in [5.74, 6) is -0.807. The third kappa shape index (κ3) is 4.87. The second-order valence-corrected chi connectivity index (χ2v) is 10.4. The van der Waals surface area contributed by atoms with Crippen LogP contribution in [0.2, 0.25) is 0 Å². The predicted octanol–water partition coefficient (Wildman–Crippen LogP) is 2.66. The molecule has 4 rings (SSSR count). The number of fused-ring (bicyclic) bond motifs is 2. The van der Waals surface area contributed by atoms with E-state index < -0.39 is 26.0 Å². The Morgan fingerprint density at radius 2 is 1.40 bits per heavy atom. The van der Waals surface area contributed by atoms with Crippen molar-refractivity contribution in [2.45, 2.75) is 4.90 Å². The lowest BCUT2D eigenvalue weighted by molar-refractivity contribution is -0.00438. The van der Waals surface area contributed by atoms with Crippen LogP contribution in [0.4, 0.5) is 0 Å². The molecule has 35 heavy (non-hydrogen) atoms. The first-order valence-electron chi connectivity index (χ1n) is 9.72. The fraction of sp³-hybridized carbons (Fsp3) is 0.0870. The van der Waals surface area contributed by atoms with Crippen LogP contribution >= 0.6 is 0 Å². The number of benzene rings is 2. The molecular weight excluding hydrogens is 496 g/mol. The fourth-order valence-electron chi connectivity index (χ4n) is 3.33. The molecule has 0 radical (unpaired) electrons. The SMILES string of the molecule is C=C1C=Cc2c(cccc2S(=O)(=O)OC)C1=O.COS(=O)(=O)C1=CC(=[N+]=[N-])C(=O)c2ccccc21. The van der Waals surface area contributed by atoms with Crippen LogP contribution in [0.25, 0.3) is 16.5 Å². The van der Waals surface area contributed by atoms with Crippen molar-refractivity contribution < 1.29 is 39.6 Å². The molecule has 0 heterocycles. The molecule has 12 heteroatoms. The minimum absolute atomic E-state index is 0.00500. The Labute approximate surface area is 201 Å². The Balaban J connectivity index is 0.000000196. The highest BCUT2D eigenvalue weighted by Gasteiger charge is 2.35. The van der Waals surface area contributed by atoms with Crippen molar-refractivity contribution in [1.29, 1.82) is 0 Å². The van der Waals surface area contributed by atoms with Crippen molar-refractivity contribution >= 4 is 48.5 Å². The largest absolute Gasteiger partial charge is 0.364 e. The molecule has 0 aromatic heterocycles. The molecule has 0 bridgehead atoms. The Morgan fingerprint density at radius 3 is 2.00 bits per heavy atom. The van der Waals surface area contributed by atoms with E-state index in [1.165, 1.54) is 30.3 Å². The molecule has 2 aromatic carbocycles. The Kier molecular flexibility index (Phi) is 7.25. The monoisotopic (exact) mass is 514 g/mol. The van der Waals surface area contributed by atoms with Gasteiger partial charge in [-0.15, -0.1) is 0 Å². The van der Waals surface area contributed by atoms with Crippen LogP contribution in [0, 0.1) is 0 Å². The van der Waals surface area contributed by atoms with E-state index in [0.29, 0.717) is 16.7 Å². The van der Waals surface area contributed by atoms with Crippen LogP contribution in [0.15, 0.2) is 71.7 Å². The first-order valence-corrected chi connectivity index (χ1v) is 12.5. The molecule has 2 aliphatic carbocycles. The van der Waals surface area contributed by atoms with Gasteiger partial charge in [-0.1, -0.05) is 55.1 Å². The van der Waals surface area contributed by atoms with Gasteiger partial charge < -0.3 is 5.53 Å². The van der Waals surface area contributed by atoms with E-state index in [-0.39, 0.29) is 32.4 Å². The summed E-state index contributed by atoms with van der Waals surface area (Å²) < 4.78 is 55.7.